The van der Waals surface area contributed by atoms with E-state index >= 15 is 0 Å². The van der Waals surface area contributed by atoms with Crippen molar-refractivity contribution < 1.29 is 4.79 Å². The molecule has 0 aromatic carbocycles. The fourth-order valence-electron chi connectivity index (χ4n) is 2.16. The van der Waals surface area contributed by atoms with Crippen molar-refractivity contribution in [2.24, 2.45) is 0 Å². The first-order valence-corrected chi connectivity index (χ1v) is 6.56. The van der Waals surface area contributed by atoms with Gasteiger partial charge in [-0.05, 0) is 42.6 Å². The molecule has 0 saturated carbocycles. The van der Waals surface area contributed by atoms with Gasteiger partial charge in [0, 0.05) is 12.4 Å². The van der Waals surface area contributed by atoms with Gasteiger partial charge in [0.1, 0.15) is 0 Å². The van der Waals surface area contributed by atoms with E-state index < -0.39 is 5.54 Å². The largest absolute Gasteiger partial charge is 0.369 e. The number of rotatable bonds is 3. The number of amides is 1. The first-order chi connectivity index (χ1) is 10.3. The smallest absolute Gasteiger partial charge is 0.260 e. The minimum atomic E-state index is -1.02. The number of dihydropyridines is 1. The van der Waals surface area contributed by atoms with Gasteiger partial charge in [-0.15, -0.1) is 0 Å². The molecular formula is C16H14N4O. The molecule has 21 heavy (non-hydrogen) atoms. The Balaban J connectivity index is 1.95. The second-order valence-electron chi connectivity index (χ2n) is 4.58. The Labute approximate surface area is 122 Å². The number of nitrogens with zero attached hydrogens (tertiary/aromatic N) is 2. The van der Waals surface area contributed by atoms with Crippen molar-refractivity contribution in [3.05, 3.63) is 79.0 Å². The van der Waals surface area contributed by atoms with Crippen LogP contribution in [0.5, 0.6) is 0 Å². The average molecular weight is 278 g/mol. The van der Waals surface area contributed by atoms with Gasteiger partial charge < -0.3 is 10.6 Å². The number of hydrogen-bond donors (Lipinski definition) is 2. The zero-order valence-electron chi connectivity index (χ0n) is 11.2. The third kappa shape index (κ3) is 2.53. The third-order valence-corrected chi connectivity index (χ3v) is 3.21. The highest BCUT2D eigenvalue weighted by atomic mass is 16.2. The van der Waals surface area contributed by atoms with Gasteiger partial charge in [-0.2, -0.15) is 0 Å². The first kappa shape index (κ1) is 13.1. The molecule has 1 unspecified atom stereocenters. The van der Waals surface area contributed by atoms with E-state index in [1.165, 1.54) is 0 Å². The van der Waals surface area contributed by atoms with E-state index in [2.05, 4.69) is 20.6 Å². The lowest BCUT2D eigenvalue weighted by Crippen LogP contribution is -2.49. The number of hydrogen-bond acceptors (Lipinski definition) is 4. The molecule has 3 heterocycles. The molecular weight excluding hydrogens is 264 g/mol. The SMILES string of the molecule is O=C(Nc1cccnc1)C1(c2ccccn2)C=CC=CN1. The van der Waals surface area contributed by atoms with E-state index in [4.69, 9.17) is 0 Å². The zero-order valence-corrected chi connectivity index (χ0v) is 11.2. The highest BCUT2D eigenvalue weighted by molar-refractivity contribution is 6.00. The van der Waals surface area contributed by atoms with Crippen LogP contribution in [-0.4, -0.2) is 15.9 Å². The molecule has 0 bridgehead atoms. The highest BCUT2D eigenvalue weighted by Crippen LogP contribution is 2.25. The first-order valence-electron chi connectivity index (χ1n) is 6.56. The van der Waals surface area contributed by atoms with E-state index in [-0.39, 0.29) is 5.91 Å². The van der Waals surface area contributed by atoms with Crippen molar-refractivity contribution in [1.29, 1.82) is 0 Å². The predicted octanol–water partition coefficient (Wildman–Crippen LogP) is 1.98. The topological polar surface area (TPSA) is 66.9 Å². The van der Waals surface area contributed by atoms with Crippen LogP contribution in [0.4, 0.5) is 5.69 Å². The molecule has 5 heteroatoms. The summed E-state index contributed by atoms with van der Waals surface area (Å²) in [5.41, 5.74) is 0.251. The second-order valence-corrected chi connectivity index (χ2v) is 4.58. The van der Waals surface area contributed by atoms with Crippen molar-refractivity contribution in [3.8, 4) is 0 Å². The summed E-state index contributed by atoms with van der Waals surface area (Å²) >= 11 is 0. The summed E-state index contributed by atoms with van der Waals surface area (Å²) in [6.45, 7) is 0. The molecule has 0 radical (unpaired) electrons. The Bertz CT molecular complexity index is 682. The maximum Gasteiger partial charge on any atom is 0.260 e. The summed E-state index contributed by atoms with van der Waals surface area (Å²) in [7, 11) is 0. The fraction of sp³-hybridized carbons (Fsp3) is 0.0625. The Kier molecular flexibility index (Phi) is 3.47. The number of carbonyl (C=O) groups is 1. The van der Waals surface area contributed by atoms with Gasteiger partial charge in [0.05, 0.1) is 17.6 Å². The van der Waals surface area contributed by atoms with Crippen molar-refractivity contribution >= 4 is 11.6 Å². The summed E-state index contributed by atoms with van der Waals surface area (Å²) in [4.78, 5) is 21.1. The summed E-state index contributed by atoms with van der Waals surface area (Å²) in [5.74, 6) is -0.213. The fourth-order valence-corrected chi connectivity index (χ4v) is 2.16. The summed E-state index contributed by atoms with van der Waals surface area (Å²) in [6.07, 6.45) is 12.1. The van der Waals surface area contributed by atoms with E-state index in [0.717, 1.165) is 0 Å². The minimum absolute atomic E-state index is 0.213. The monoisotopic (exact) mass is 278 g/mol. The van der Waals surface area contributed by atoms with E-state index in [1.807, 2.05) is 30.4 Å². The third-order valence-electron chi connectivity index (χ3n) is 3.21. The lowest BCUT2D eigenvalue weighted by Gasteiger charge is -2.30. The van der Waals surface area contributed by atoms with Gasteiger partial charge >= 0.3 is 0 Å². The zero-order chi connectivity index (χ0) is 14.5. The number of anilines is 1. The maximum atomic E-state index is 12.8. The Morgan fingerprint density at radius 3 is 2.76 bits per heavy atom. The molecule has 2 aromatic heterocycles. The van der Waals surface area contributed by atoms with Crippen LogP contribution in [0.2, 0.25) is 0 Å². The highest BCUT2D eigenvalue weighted by Gasteiger charge is 2.39. The molecule has 1 atom stereocenters. The molecule has 0 spiro atoms. The van der Waals surface area contributed by atoms with Crippen LogP contribution in [0.15, 0.2) is 73.4 Å². The van der Waals surface area contributed by atoms with Crippen LogP contribution in [0, 0.1) is 0 Å². The van der Waals surface area contributed by atoms with E-state index in [9.17, 15) is 4.79 Å². The van der Waals surface area contributed by atoms with Crippen LogP contribution in [-0.2, 0) is 10.3 Å². The predicted molar refractivity (Wildman–Crippen MR) is 80.2 cm³/mol. The molecule has 104 valence electrons. The van der Waals surface area contributed by atoms with Crippen LogP contribution in [0.3, 0.4) is 0 Å². The lowest BCUT2D eigenvalue weighted by atomic mass is 9.91. The summed E-state index contributed by atoms with van der Waals surface area (Å²) in [5, 5.41) is 5.97. The quantitative estimate of drug-likeness (QED) is 0.901. The Morgan fingerprint density at radius 1 is 1.14 bits per heavy atom. The standard InChI is InChI=1S/C16H14N4O/c21-15(20-13-6-5-9-17-12-13)16(8-2-4-11-19-16)14-7-1-3-10-18-14/h1-12,19H,(H,20,21). The molecule has 1 aliphatic heterocycles. The van der Waals surface area contributed by atoms with E-state index in [1.54, 1.807) is 43.0 Å². The lowest BCUT2D eigenvalue weighted by molar-refractivity contribution is -0.120. The van der Waals surface area contributed by atoms with Crippen molar-refractivity contribution in [1.82, 2.24) is 15.3 Å². The summed E-state index contributed by atoms with van der Waals surface area (Å²) in [6, 6.07) is 9.06. The van der Waals surface area contributed by atoms with Gasteiger partial charge in [0.2, 0.25) is 0 Å². The molecule has 0 saturated heterocycles. The van der Waals surface area contributed by atoms with Gasteiger partial charge in [0.15, 0.2) is 5.54 Å². The van der Waals surface area contributed by atoms with Crippen molar-refractivity contribution in [3.63, 3.8) is 0 Å². The molecule has 1 aliphatic rings. The number of allylic oxidation sites excluding steroid dienone is 2. The molecule has 2 N–H and O–H groups in total. The molecule has 2 aromatic rings. The molecule has 5 nitrogen and oxygen atoms in total. The number of aromatic nitrogens is 2. The number of pyridine rings is 2. The maximum absolute atomic E-state index is 12.8. The number of nitrogens with one attached hydrogen (secondary N) is 2. The normalized spacial score (nSPS) is 19.8. The Hall–Kier alpha value is -2.95. The van der Waals surface area contributed by atoms with Gasteiger partial charge in [-0.1, -0.05) is 12.1 Å². The Morgan fingerprint density at radius 2 is 2.10 bits per heavy atom. The van der Waals surface area contributed by atoms with Gasteiger partial charge in [0.25, 0.3) is 5.91 Å². The summed E-state index contributed by atoms with van der Waals surface area (Å²) < 4.78 is 0. The second kappa shape index (κ2) is 5.58. The molecule has 0 aliphatic carbocycles. The van der Waals surface area contributed by atoms with Gasteiger partial charge in [-0.25, -0.2) is 0 Å². The van der Waals surface area contributed by atoms with Gasteiger partial charge in [-0.3, -0.25) is 14.8 Å². The average Bonchev–Trinajstić information content (AvgIpc) is 2.57. The number of carbonyl (C=O) groups excluding carboxylic acids is 1. The molecule has 1 amide bonds. The molecule has 3 rings (SSSR count). The molecule has 0 fully saturated rings. The van der Waals surface area contributed by atoms with Crippen LogP contribution >= 0.6 is 0 Å². The minimum Gasteiger partial charge on any atom is -0.369 e. The van der Waals surface area contributed by atoms with E-state index in [0.29, 0.717) is 11.4 Å². The van der Waals surface area contributed by atoms with Crippen LogP contribution in [0.1, 0.15) is 5.69 Å². The van der Waals surface area contributed by atoms with Crippen molar-refractivity contribution in [2.45, 2.75) is 5.54 Å². The van der Waals surface area contributed by atoms with Crippen LogP contribution in [0.25, 0.3) is 0 Å². The van der Waals surface area contributed by atoms with Crippen molar-refractivity contribution in [2.75, 3.05) is 5.32 Å². The van der Waals surface area contributed by atoms with Crippen LogP contribution < -0.4 is 10.6 Å².